The van der Waals surface area contributed by atoms with Crippen LogP contribution in [-0.2, 0) is 28.7 Å². The van der Waals surface area contributed by atoms with Crippen molar-refractivity contribution in [3.05, 3.63) is 0 Å². The van der Waals surface area contributed by atoms with Crippen LogP contribution in [0.15, 0.2) is 0 Å². The summed E-state index contributed by atoms with van der Waals surface area (Å²) in [5, 5.41) is 26.6. The van der Waals surface area contributed by atoms with Gasteiger partial charge in [0.15, 0.2) is 6.10 Å². The number of nitrogens with two attached hydrogens (primary N) is 1. The van der Waals surface area contributed by atoms with E-state index in [-0.39, 0.29) is 0 Å². The summed E-state index contributed by atoms with van der Waals surface area (Å²) < 4.78 is 9.07. The third-order valence-corrected chi connectivity index (χ3v) is 2.53. The molecule has 1 unspecified atom stereocenters. The first-order valence-corrected chi connectivity index (χ1v) is 5.49. The number of rotatable bonds is 6. The van der Waals surface area contributed by atoms with Gasteiger partial charge in [-0.25, -0.2) is 4.79 Å². The van der Waals surface area contributed by atoms with Crippen molar-refractivity contribution in [2.45, 2.75) is 30.8 Å². The van der Waals surface area contributed by atoms with E-state index in [9.17, 15) is 24.3 Å². The topological polar surface area (TPSA) is 173 Å². The Bertz CT molecular complexity index is 434. The first-order chi connectivity index (χ1) is 9.27. The first-order valence-electron chi connectivity index (χ1n) is 5.49. The van der Waals surface area contributed by atoms with E-state index in [1.165, 1.54) is 0 Å². The van der Waals surface area contributed by atoms with Crippen molar-refractivity contribution in [3.63, 3.8) is 0 Å². The molecule has 0 radical (unpaired) electrons. The van der Waals surface area contributed by atoms with Gasteiger partial charge in [0.2, 0.25) is 6.10 Å². The van der Waals surface area contributed by atoms with E-state index in [1.807, 2.05) is 0 Å². The number of cyclic esters (lactones) is 1. The molecular weight excluding hydrogens is 278 g/mol. The molecule has 20 heavy (non-hydrogen) atoms. The molecule has 0 saturated carbocycles. The number of Topliss-reactive ketones (excluding diaryl/α,β-unsaturated/α-hetero) is 1. The van der Waals surface area contributed by atoms with Crippen LogP contribution < -0.4 is 5.73 Å². The lowest BCUT2D eigenvalue weighted by molar-refractivity contribution is -0.162. The van der Waals surface area contributed by atoms with Crippen molar-refractivity contribution in [3.8, 4) is 0 Å². The smallest absolute Gasteiger partial charge is 0.379 e. The molecule has 1 aliphatic heterocycles. The molecule has 0 amide bonds. The molecule has 10 heteroatoms. The minimum Gasteiger partial charge on any atom is -0.480 e. The second-order valence-corrected chi connectivity index (χ2v) is 4.04. The largest absolute Gasteiger partial charge is 0.480 e. The lowest BCUT2D eigenvalue weighted by Gasteiger charge is -2.20. The van der Waals surface area contributed by atoms with Crippen molar-refractivity contribution in [1.29, 1.82) is 0 Å². The maximum Gasteiger partial charge on any atom is 0.379 e. The molecule has 0 aromatic heterocycles. The van der Waals surface area contributed by atoms with Crippen LogP contribution >= 0.6 is 0 Å². The molecule has 0 aromatic carbocycles. The number of carbonyl (C=O) groups is 4. The third kappa shape index (κ3) is 3.50. The number of aliphatic hydroxyl groups excluding tert-OH is 2. The Hall–Kier alpha value is -2.04. The summed E-state index contributed by atoms with van der Waals surface area (Å²) in [6.45, 7) is -0.825. The number of carbonyl (C=O) groups excluding carboxylic acids is 3. The number of esters is 2. The molecule has 1 fully saturated rings. The molecule has 1 saturated heterocycles. The highest BCUT2D eigenvalue weighted by Crippen LogP contribution is 2.19. The van der Waals surface area contributed by atoms with Gasteiger partial charge in [0.1, 0.15) is 12.1 Å². The number of ketones is 1. The zero-order valence-corrected chi connectivity index (χ0v) is 10.1. The average Bonchev–Trinajstić information content (AvgIpc) is 2.65. The molecule has 112 valence electrons. The number of hydrogen-bond donors (Lipinski definition) is 4. The predicted molar refractivity (Wildman–Crippen MR) is 58.1 cm³/mol. The van der Waals surface area contributed by atoms with Crippen LogP contribution in [0, 0.1) is 0 Å². The first kappa shape index (κ1) is 16.0. The molecule has 1 heterocycles. The quantitative estimate of drug-likeness (QED) is 0.284. The molecule has 5 N–H and O–H groups in total. The Morgan fingerprint density at radius 3 is 2.50 bits per heavy atom. The second kappa shape index (κ2) is 6.41. The molecule has 0 spiro atoms. The summed E-state index contributed by atoms with van der Waals surface area (Å²) in [6, 6.07) is -1.53. The average molecular weight is 291 g/mol. The van der Waals surface area contributed by atoms with Gasteiger partial charge in [-0.1, -0.05) is 0 Å². The number of aliphatic hydroxyl groups is 2. The van der Waals surface area contributed by atoms with Gasteiger partial charge in [-0.3, -0.25) is 14.4 Å². The standard InChI is InChI=1S/C10H13NO9/c11-3(9(16)17)1-5(14)19-8-6(15)10(18)20-7(8)4(13)2-12/h3-4,7-8,12-13H,1-2,11H2,(H,16,17)/t3-,4-,7+,8?/m0/s1. The molecule has 1 rings (SSSR count). The molecule has 10 nitrogen and oxygen atoms in total. The summed E-state index contributed by atoms with van der Waals surface area (Å²) in [5.41, 5.74) is 5.10. The summed E-state index contributed by atoms with van der Waals surface area (Å²) >= 11 is 0. The summed E-state index contributed by atoms with van der Waals surface area (Å²) in [7, 11) is 0. The Morgan fingerprint density at radius 1 is 1.40 bits per heavy atom. The van der Waals surface area contributed by atoms with Gasteiger partial charge in [-0.2, -0.15) is 0 Å². The van der Waals surface area contributed by atoms with Crippen molar-refractivity contribution >= 4 is 23.7 Å². The van der Waals surface area contributed by atoms with E-state index in [4.69, 9.17) is 15.9 Å². The van der Waals surface area contributed by atoms with E-state index in [0.717, 1.165) is 0 Å². The number of carboxylic acids is 1. The van der Waals surface area contributed by atoms with Gasteiger partial charge in [0, 0.05) is 0 Å². The van der Waals surface area contributed by atoms with Gasteiger partial charge in [0.25, 0.3) is 5.78 Å². The molecule has 0 aromatic rings. The molecular formula is C10H13NO9. The Balaban J connectivity index is 2.72. The van der Waals surface area contributed by atoms with Crippen LogP contribution in [-0.4, -0.2) is 70.0 Å². The van der Waals surface area contributed by atoms with Crippen molar-refractivity contribution in [2.75, 3.05) is 6.61 Å². The van der Waals surface area contributed by atoms with E-state index >= 15 is 0 Å². The zero-order chi connectivity index (χ0) is 15.4. The summed E-state index contributed by atoms with van der Waals surface area (Å²) in [5.74, 6) is -5.12. The van der Waals surface area contributed by atoms with Gasteiger partial charge in [0.05, 0.1) is 13.0 Å². The highest BCUT2D eigenvalue weighted by molar-refractivity contribution is 6.37. The van der Waals surface area contributed by atoms with Gasteiger partial charge < -0.3 is 30.5 Å². The van der Waals surface area contributed by atoms with E-state index in [0.29, 0.717) is 0 Å². The van der Waals surface area contributed by atoms with Crippen molar-refractivity contribution in [1.82, 2.24) is 0 Å². The highest BCUT2D eigenvalue weighted by Gasteiger charge is 2.49. The van der Waals surface area contributed by atoms with Crippen LogP contribution in [0.2, 0.25) is 0 Å². The fourth-order valence-corrected chi connectivity index (χ4v) is 1.47. The molecule has 1 aliphatic rings. The highest BCUT2D eigenvalue weighted by atomic mass is 16.6. The van der Waals surface area contributed by atoms with Gasteiger partial charge >= 0.3 is 17.9 Å². The molecule has 0 aliphatic carbocycles. The van der Waals surface area contributed by atoms with Crippen LogP contribution in [0.3, 0.4) is 0 Å². The SMILES string of the molecule is N[C@@H](CC(=O)OC1C(=O)C(=O)O[C@@H]1[C@@H](O)CO)C(=O)O. The summed E-state index contributed by atoms with van der Waals surface area (Å²) in [6.07, 6.45) is -5.62. The van der Waals surface area contributed by atoms with Gasteiger partial charge in [-0.15, -0.1) is 0 Å². The number of ether oxygens (including phenoxy) is 2. The van der Waals surface area contributed by atoms with Crippen LogP contribution in [0.4, 0.5) is 0 Å². The van der Waals surface area contributed by atoms with E-state index < -0.39 is 61.1 Å². The Morgan fingerprint density at radius 2 is 2.00 bits per heavy atom. The maximum absolute atomic E-state index is 11.4. The molecule has 0 bridgehead atoms. The monoisotopic (exact) mass is 291 g/mol. The lowest BCUT2D eigenvalue weighted by Crippen LogP contribution is -2.43. The van der Waals surface area contributed by atoms with Crippen molar-refractivity contribution < 1.29 is 44.0 Å². The van der Waals surface area contributed by atoms with Crippen LogP contribution in [0.25, 0.3) is 0 Å². The minimum atomic E-state index is -1.74. The number of carboxylic acid groups (broad SMARTS) is 1. The fourth-order valence-electron chi connectivity index (χ4n) is 1.47. The maximum atomic E-state index is 11.4. The number of hydrogen-bond acceptors (Lipinski definition) is 9. The van der Waals surface area contributed by atoms with Crippen LogP contribution in [0.1, 0.15) is 6.42 Å². The Kier molecular flexibility index (Phi) is 5.13. The Labute approximate surface area is 112 Å². The van der Waals surface area contributed by atoms with Gasteiger partial charge in [-0.05, 0) is 0 Å². The second-order valence-electron chi connectivity index (χ2n) is 4.04. The number of aliphatic carboxylic acids is 1. The third-order valence-electron chi connectivity index (χ3n) is 2.53. The minimum absolute atomic E-state index is 0.727. The normalized spacial score (nSPS) is 24.9. The predicted octanol–water partition coefficient (Wildman–Crippen LogP) is -3.45. The zero-order valence-electron chi connectivity index (χ0n) is 10.1. The van der Waals surface area contributed by atoms with Crippen molar-refractivity contribution in [2.24, 2.45) is 5.73 Å². The van der Waals surface area contributed by atoms with E-state index in [2.05, 4.69) is 9.47 Å². The molecule has 4 atom stereocenters. The lowest BCUT2D eigenvalue weighted by atomic mass is 10.1. The van der Waals surface area contributed by atoms with Crippen LogP contribution in [0.5, 0.6) is 0 Å². The summed E-state index contributed by atoms with van der Waals surface area (Å²) in [4.78, 5) is 44.3. The van der Waals surface area contributed by atoms with E-state index in [1.54, 1.807) is 0 Å². The fraction of sp³-hybridized carbons (Fsp3) is 0.600.